The summed E-state index contributed by atoms with van der Waals surface area (Å²) in [5.74, 6) is 0.957. The molecule has 0 spiro atoms. The number of aryl methyl sites for hydroxylation is 3. The number of rotatable bonds is 5. The van der Waals surface area contributed by atoms with Gasteiger partial charge in [0.05, 0.1) is 5.03 Å². The number of aromatic nitrogens is 2. The summed E-state index contributed by atoms with van der Waals surface area (Å²) in [7, 11) is 2.02. The molecule has 0 aliphatic rings. The fourth-order valence-corrected chi connectivity index (χ4v) is 3.53. The Hall–Kier alpha value is -1.39. The molecule has 0 saturated heterocycles. The Bertz CT molecular complexity index is 546. The van der Waals surface area contributed by atoms with Crippen LogP contribution in [-0.2, 0) is 0 Å². The Kier molecular flexibility index (Phi) is 5.15. The largest absolute Gasteiger partial charge is 0.312 e. The van der Waals surface area contributed by atoms with Crippen LogP contribution in [0.25, 0.3) is 0 Å². The second-order valence-electron chi connectivity index (χ2n) is 5.01. The molecular formula is C16H21N3S. The average molecular weight is 287 g/mol. The predicted octanol–water partition coefficient (Wildman–Crippen LogP) is 3.45. The molecule has 2 aromatic rings. The van der Waals surface area contributed by atoms with E-state index in [0.29, 0.717) is 6.04 Å². The van der Waals surface area contributed by atoms with E-state index in [9.17, 15) is 0 Å². The molecular weight excluding hydrogens is 266 g/mol. The molecule has 1 atom stereocenters. The van der Waals surface area contributed by atoms with Crippen molar-refractivity contribution in [2.24, 2.45) is 0 Å². The van der Waals surface area contributed by atoms with E-state index >= 15 is 0 Å². The van der Waals surface area contributed by atoms with Gasteiger partial charge in [0, 0.05) is 18.0 Å². The van der Waals surface area contributed by atoms with E-state index in [-0.39, 0.29) is 0 Å². The average Bonchev–Trinajstić information content (AvgIpc) is 2.42. The third-order valence-corrected chi connectivity index (χ3v) is 4.42. The van der Waals surface area contributed by atoms with Crippen LogP contribution in [0.15, 0.2) is 35.7 Å². The predicted molar refractivity (Wildman–Crippen MR) is 85.2 cm³/mol. The second-order valence-corrected chi connectivity index (χ2v) is 6.05. The van der Waals surface area contributed by atoms with Gasteiger partial charge in [-0.1, -0.05) is 17.7 Å². The smallest absolute Gasteiger partial charge is 0.116 e. The van der Waals surface area contributed by atoms with E-state index in [1.807, 2.05) is 13.1 Å². The molecule has 3 nitrogen and oxygen atoms in total. The van der Waals surface area contributed by atoms with Gasteiger partial charge >= 0.3 is 0 Å². The van der Waals surface area contributed by atoms with Crippen LogP contribution in [-0.4, -0.2) is 22.8 Å². The van der Waals surface area contributed by atoms with Gasteiger partial charge in [-0.15, -0.1) is 11.8 Å². The van der Waals surface area contributed by atoms with E-state index in [2.05, 4.69) is 48.2 Å². The number of hydrogen-bond acceptors (Lipinski definition) is 4. The first-order valence-corrected chi connectivity index (χ1v) is 7.74. The van der Waals surface area contributed by atoms with Crippen molar-refractivity contribution >= 4 is 11.8 Å². The lowest BCUT2D eigenvalue weighted by atomic mass is 9.95. The normalized spacial score (nSPS) is 12.4. The standard InChI is InChI=1S/C16H21N3S/c1-11-7-12(2)16(13(3)8-11)14(17-4)9-20-15-5-6-18-10-19-15/h5-8,10,14,17H,9H2,1-4H3. The summed E-state index contributed by atoms with van der Waals surface area (Å²) in [4.78, 5) is 8.21. The highest BCUT2D eigenvalue weighted by Gasteiger charge is 2.15. The Morgan fingerprint density at radius 2 is 1.90 bits per heavy atom. The van der Waals surface area contributed by atoms with E-state index in [1.54, 1.807) is 24.3 Å². The van der Waals surface area contributed by atoms with Crippen LogP contribution in [0.5, 0.6) is 0 Å². The summed E-state index contributed by atoms with van der Waals surface area (Å²) in [5.41, 5.74) is 5.43. The summed E-state index contributed by atoms with van der Waals surface area (Å²) in [6.45, 7) is 6.53. The van der Waals surface area contributed by atoms with Gasteiger partial charge in [0.1, 0.15) is 6.33 Å². The molecule has 0 aliphatic heterocycles. The first-order chi connectivity index (χ1) is 9.61. The van der Waals surface area contributed by atoms with Crippen molar-refractivity contribution in [3.63, 3.8) is 0 Å². The molecule has 0 aliphatic carbocycles. The van der Waals surface area contributed by atoms with Crippen LogP contribution in [0.3, 0.4) is 0 Å². The zero-order valence-electron chi connectivity index (χ0n) is 12.5. The van der Waals surface area contributed by atoms with Crippen LogP contribution in [0.2, 0.25) is 0 Å². The zero-order chi connectivity index (χ0) is 14.5. The van der Waals surface area contributed by atoms with Gasteiger partial charge in [-0.2, -0.15) is 0 Å². The van der Waals surface area contributed by atoms with E-state index in [4.69, 9.17) is 0 Å². The fraction of sp³-hybridized carbons (Fsp3) is 0.375. The van der Waals surface area contributed by atoms with Crippen molar-refractivity contribution in [1.29, 1.82) is 0 Å². The summed E-state index contributed by atoms with van der Waals surface area (Å²) >= 11 is 1.76. The summed E-state index contributed by atoms with van der Waals surface area (Å²) in [6, 6.07) is 6.78. The molecule has 1 aromatic carbocycles. The number of thioether (sulfide) groups is 1. The molecule has 2 rings (SSSR count). The Morgan fingerprint density at radius 1 is 1.20 bits per heavy atom. The molecule has 0 amide bonds. The molecule has 1 aromatic heterocycles. The van der Waals surface area contributed by atoms with Crippen molar-refractivity contribution in [3.8, 4) is 0 Å². The quantitative estimate of drug-likeness (QED) is 0.675. The highest BCUT2D eigenvalue weighted by molar-refractivity contribution is 7.99. The first kappa shape index (κ1) is 15.0. The third-order valence-electron chi connectivity index (χ3n) is 3.39. The lowest BCUT2D eigenvalue weighted by Gasteiger charge is -2.21. The topological polar surface area (TPSA) is 37.8 Å². The molecule has 1 unspecified atom stereocenters. The minimum absolute atomic E-state index is 0.329. The molecule has 1 N–H and O–H groups in total. The van der Waals surface area contributed by atoms with Gasteiger partial charge in [0.2, 0.25) is 0 Å². The van der Waals surface area contributed by atoms with E-state index in [1.165, 1.54) is 22.3 Å². The van der Waals surface area contributed by atoms with E-state index in [0.717, 1.165) is 10.8 Å². The maximum Gasteiger partial charge on any atom is 0.116 e. The highest BCUT2D eigenvalue weighted by Crippen LogP contribution is 2.28. The molecule has 106 valence electrons. The Morgan fingerprint density at radius 3 is 2.45 bits per heavy atom. The number of benzene rings is 1. The van der Waals surface area contributed by atoms with Gasteiger partial charge in [-0.3, -0.25) is 0 Å². The molecule has 0 saturated carbocycles. The zero-order valence-corrected chi connectivity index (χ0v) is 13.3. The monoisotopic (exact) mass is 287 g/mol. The lowest BCUT2D eigenvalue weighted by Crippen LogP contribution is -2.21. The van der Waals surface area contributed by atoms with Gasteiger partial charge < -0.3 is 5.32 Å². The Balaban J connectivity index is 2.17. The Labute approximate surface area is 125 Å². The molecule has 1 heterocycles. The lowest BCUT2D eigenvalue weighted by molar-refractivity contribution is 0.653. The molecule has 0 fully saturated rings. The van der Waals surface area contributed by atoms with Crippen molar-refractivity contribution < 1.29 is 0 Å². The minimum atomic E-state index is 0.329. The SMILES string of the molecule is CNC(CSc1ccncn1)c1c(C)cc(C)cc1C. The maximum atomic E-state index is 4.26. The van der Waals surface area contributed by atoms with E-state index < -0.39 is 0 Å². The van der Waals surface area contributed by atoms with Gasteiger partial charge in [0.15, 0.2) is 0 Å². The van der Waals surface area contributed by atoms with Crippen LogP contribution < -0.4 is 5.32 Å². The summed E-state index contributed by atoms with van der Waals surface area (Å²) < 4.78 is 0. The van der Waals surface area contributed by atoms with Crippen molar-refractivity contribution in [3.05, 3.63) is 53.0 Å². The third kappa shape index (κ3) is 3.58. The van der Waals surface area contributed by atoms with Crippen molar-refractivity contribution in [2.45, 2.75) is 31.8 Å². The maximum absolute atomic E-state index is 4.26. The minimum Gasteiger partial charge on any atom is -0.312 e. The van der Waals surface area contributed by atoms with Crippen LogP contribution in [0, 0.1) is 20.8 Å². The number of nitrogens with zero attached hydrogens (tertiary/aromatic N) is 2. The molecule has 20 heavy (non-hydrogen) atoms. The highest BCUT2D eigenvalue weighted by atomic mass is 32.2. The molecule has 0 radical (unpaired) electrons. The number of nitrogens with one attached hydrogen (secondary N) is 1. The number of hydrogen-bond donors (Lipinski definition) is 1. The van der Waals surface area contributed by atoms with Crippen molar-refractivity contribution in [2.75, 3.05) is 12.8 Å². The fourth-order valence-electron chi connectivity index (χ4n) is 2.58. The van der Waals surface area contributed by atoms with Gasteiger partial charge in [-0.25, -0.2) is 9.97 Å². The summed E-state index contributed by atoms with van der Waals surface area (Å²) in [6.07, 6.45) is 3.38. The van der Waals surface area contributed by atoms with Crippen LogP contribution in [0.1, 0.15) is 28.3 Å². The molecule has 0 bridgehead atoms. The van der Waals surface area contributed by atoms with Crippen LogP contribution >= 0.6 is 11.8 Å². The second kappa shape index (κ2) is 6.86. The van der Waals surface area contributed by atoms with Gasteiger partial charge in [0.25, 0.3) is 0 Å². The molecule has 4 heteroatoms. The van der Waals surface area contributed by atoms with Crippen molar-refractivity contribution in [1.82, 2.24) is 15.3 Å². The van der Waals surface area contributed by atoms with Gasteiger partial charge in [-0.05, 0) is 50.6 Å². The summed E-state index contributed by atoms with van der Waals surface area (Å²) in [5, 5.41) is 4.44. The first-order valence-electron chi connectivity index (χ1n) is 6.75. The van der Waals surface area contributed by atoms with Crippen LogP contribution in [0.4, 0.5) is 0 Å².